The molecule has 8 heteroatoms. The molecule has 1 aromatic heterocycles. The van der Waals surface area contributed by atoms with Crippen LogP contribution in [0.2, 0.25) is 5.02 Å². The molecule has 0 saturated carbocycles. The van der Waals surface area contributed by atoms with Gasteiger partial charge in [0.05, 0.1) is 6.54 Å². The van der Waals surface area contributed by atoms with Crippen molar-refractivity contribution in [2.75, 3.05) is 11.9 Å². The van der Waals surface area contributed by atoms with Crippen molar-refractivity contribution in [3.05, 3.63) is 40.9 Å². The van der Waals surface area contributed by atoms with Crippen LogP contribution < -0.4 is 10.6 Å². The van der Waals surface area contributed by atoms with Crippen molar-refractivity contribution < 1.29 is 4.39 Å². The zero-order valence-corrected chi connectivity index (χ0v) is 13.9. The first kappa shape index (κ1) is 16.6. The molecule has 0 saturated heterocycles. The third-order valence-electron chi connectivity index (χ3n) is 2.78. The lowest BCUT2D eigenvalue weighted by Crippen LogP contribution is -2.31. The molecule has 0 aliphatic carbocycles. The van der Waals surface area contributed by atoms with E-state index in [1.807, 2.05) is 0 Å². The van der Waals surface area contributed by atoms with E-state index in [1.165, 1.54) is 12.1 Å². The Hall–Kier alpha value is -1.73. The van der Waals surface area contributed by atoms with E-state index < -0.39 is 0 Å². The average molecular weight is 342 g/mol. The molecular weight excluding hydrogens is 325 g/mol. The van der Waals surface area contributed by atoms with Crippen molar-refractivity contribution in [3.63, 3.8) is 0 Å². The Morgan fingerprint density at radius 3 is 2.91 bits per heavy atom. The minimum Gasteiger partial charge on any atom is -0.362 e. The summed E-state index contributed by atoms with van der Waals surface area (Å²) in [6, 6.07) is 4.27. The van der Waals surface area contributed by atoms with Gasteiger partial charge in [0.2, 0.25) is 5.95 Å². The van der Waals surface area contributed by atoms with Gasteiger partial charge in [0.1, 0.15) is 12.1 Å². The van der Waals surface area contributed by atoms with Crippen LogP contribution in [0.1, 0.15) is 19.4 Å². The first-order chi connectivity index (χ1) is 10.4. The molecule has 0 aliphatic heterocycles. The summed E-state index contributed by atoms with van der Waals surface area (Å²) in [6.45, 7) is 5.36. The lowest BCUT2D eigenvalue weighted by atomic mass is 10.2. The topological polar surface area (TPSA) is 54.8 Å². The fraction of sp³-hybridized carbons (Fsp3) is 0.357. The van der Waals surface area contributed by atoms with Crippen molar-refractivity contribution in [3.8, 4) is 0 Å². The molecule has 0 atom stereocenters. The molecule has 0 radical (unpaired) electrons. The number of rotatable bonds is 5. The lowest BCUT2D eigenvalue weighted by molar-refractivity contribution is 0.624. The Morgan fingerprint density at radius 2 is 2.23 bits per heavy atom. The molecule has 2 N–H and O–H groups in total. The minimum absolute atomic E-state index is 0.360. The number of nitrogens with one attached hydrogen (secondary N) is 2. The number of halogens is 2. The highest BCUT2D eigenvalue weighted by Gasteiger charge is 2.07. The summed E-state index contributed by atoms with van der Waals surface area (Å²) < 4.78 is 14.6. The molecule has 5 nitrogen and oxygen atoms in total. The molecule has 1 heterocycles. The number of aromatic nitrogens is 3. The smallest absolute Gasteiger partial charge is 0.248 e. The Balaban J connectivity index is 1.95. The molecule has 2 rings (SSSR count). The van der Waals surface area contributed by atoms with Crippen LogP contribution in [0.5, 0.6) is 0 Å². The van der Waals surface area contributed by atoms with Crippen molar-refractivity contribution in [2.24, 2.45) is 5.92 Å². The highest BCUT2D eigenvalue weighted by atomic mass is 35.5. The Kier molecular flexibility index (Phi) is 5.68. The number of benzene rings is 1. The molecule has 0 fully saturated rings. The number of hydrogen-bond acceptors (Lipinski definition) is 3. The van der Waals surface area contributed by atoms with Gasteiger partial charge in [0, 0.05) is 11.6 Å². The summed E-state index contributed by atoms with van der Waals surface area (Å²) in [6.07, 6.45) is 1.56. The fourth-order valence-corrected chi connectivity index (χ4v) is 2.10. The predicted octanol–water partition coefficient (Wildman–Crippen LogP) is 3.06. The van der Waals surface area contributed by atoms with E-state index in [2.05, 4.69) is 34.6 Å². The maximum absolute atomic E-state index is 13.0. The zero-order chi connectivity index (χ0) is 16.1. The summed E-state index contributed by atoms with van der Waals surface area (Å²) >= 11 is 11.1. The first-order valence-corrected chi connectivity index (χ1v) is 7.61. The highest BCUT2D eigenvalue weighted by Crippen LogP contribution is 2.18. The second-order valence-electron chi connectivity index (χ2n) is 5.23. The zero-order valence-electron chi connectivity index (χ0n) is 12.3. The highest BCUT2D eigenvalue weighted by molar-refractivity contribution is 7.80. The van der Waals surface area contributed by atoms with E-state index in [0.717, 1.165) is 12.1 Å². The van der Waals surface area contributed by atoms with E-state index >= 15 is 0 Å². The number of thiocarbonyl (C=S) groups is 1. The van der Waals surface area contributed by atoms with E-state index in [1.54, 1.807) is 17.1 Å². The molecule has 22 heavy (non-hydrogen) atoms. The molecule has 2 aromatic rings. The van der Waals surface area contributed by atoms with Gasteiger partial charge in [-0.2, -0.15) is 0 Å². The maximum atomic E-state index is 13.0. The van der Waals surface area contributed by atoms with Crippen LogP contribution in [-0.4, -0.2) is 26.4 Å². The largest absolute Gasteiger partial charge is 0.362 e. The SMILES string of the molecule is CC(C)CNC(=S)Nc1ncn(Cc2ccc(F)cc2Cl)n1. The van der Waals surface area contributed by atoms with Gasteiger partial charge in [-0.15, -0.1) is 5.10 Å². The van der Waals surface area contributed by atoms with Gasteiger partial charge in [-0.25, -0.2) is 14.1 Å². The van der Waals surface area contributed by atoms with E-state index in [4.69, 9.17) is 23.8 Å². The average Bonchev–Trinajstić information content (AvgIpc) is 2.87. The van der Waals surface area contributed by atoms with E-state index in [9.17, 15) is 4.39 Å². The van der Waals surface area contributed by atoms with Gasteiger partial charge in [-0.05, 0) is 35.8 Å². The summed E-state index contributed by atoms with van der Waals surface area (Å²) in [5, 5.41) is 11.1. The minimum atomic E-state index is -0.365. The standard InChI is InChI=1S/C14H17ClFN5S/c1-9(2)6-17-14(22)19-13-18-8-21(20-13)7-10-3-4-11(16)5-12(10)15/h3-5,8-9H,6-7H2,1-2H3,(H2,17,19,20,22). The second kappa shape index (κ2) is 7.51. The van der Waals surface area contributed by atoms with Crippen LogP contribution in [0.3, 0.4) is 0 Å². The number of nitrogens with zero attached hydrogens (tertiary/aromatic N) is 3. The Labute approximate surface area is 138 Å². The molecular formula is C14H17ClFN5S. The van der Waals surface area contributed by atoms with Crippen LogP contribution in [-0.2, 0) is 6.54 Å². The van der Waals surface area contributed by atoms with E-state index in [0.29, 0.717) is 28.5 Å². The summed E-state index contributed by atoms with van der Waals surface area (Å²) in [4.78, 5) is 4.12. The molecule has 0 amide bonds. The van der Waals surface area contributed by atoms with E-state index in [-0.39, 0.29) is 5.82 Å². The third kappa shape index (κ3) is 4.92. The summed E-state index contributed by atoms with van der Waals surface area (Å²) in [7, 11) is 0. The van der Waals surface area contributed by atoms with Gasteiger partial charge >= 0.3 is 0 Å². The van der Waals surface area contributed by atoms with Crippen LogP contribution >= 0.6 is 23.8 Å². The Morgan fingerprint density at radius 1 is 1.45 bits per heavy atom. The van der Waals surface area contributed by atoms with Crippen molar-refractivity contribution >= 4 is 34.9 Å². The van der Waals surface area contributed by atoms with Crippen molar-refractivity contribution in [2.45, 2.75) is 20.4 Å². The Bertz CT molecular complexity index is 658. The molecule has 0 spiro atoms. The molecule has 118 valence electrons. The van der Waals surface area contributed by atoms with Crippen molar-refractivity contribution in [1.82, 2.24) is 20.1 Å². The lowest BCUT2D eigenvalue weighted by Gasteiger charge is -2.09. The normalized spacial score (nSPS) is 10.8. The van der Waals surface area contributed by atoms with Gasteiger partial charge in [0.15, 0.2) is 5.11 Å². The molecule has 0 bridgehead atoms. The molecule has 0 aliphatic rings. The van der Waals surface area contributed by atoms with Gasteiger partial charge in [-0.1, -0.05) is 31.5 Å². The fourth-order valence-electron chi connectivity index (χ4n) is 1.70. The summed E-state index contributed by atoms with van der Waals surface area (Å²) in [5.74, 6) is 0.529. The number of anilines is 1. The molecule has 1 aromatic carbocycles. The van der Waals surface area contributed by atoms with Gasteiger partial charge < -0.3 is 5.32 Å². The monoisotopic (exact) mass is 341 g/mol. The molecule has 0 unspecified atom stereocenters. The van der Waals surface area contributed by atoms with Crippen molar-refractivity contribution in [1.29, 1.82) is 0 Å². The third-order valence-corrected chi connectivity index (χ3v) is 3.38. The maximum Gasteiger partial charge on any atom is 0.248 e. The van der Waals surface area contributed by atoms with Gasteiger partial charge in [0.25, 0.3) is 0 Å². The van der Waals surface area contributed by atoms with Crippen LogP contribution in [0.15, 0.2) is 24.5 Å². The van der Waals surface area contributed by atoms with Gasteiger partial charge in [-0.3, -0.25) is 5.32 Å². The van der Waals surface area contributed by atoms with Crippen LogP contribution in [0.4, 0.5) is 10.3 Å². The summed E-state index contributed by atoms with van der Waals surface area (Å²) in [5.41, 5.74) is 0.764. The predicted molar refractivity (Wildman–Crippen MR) is 89.6 cm³/mol. The first-order valence-electron chi connectivity index (χ1n) is 6.82. The van der Waals surface area contributed by atoms with Crippen LogP contribution in [0.25, 0.3) is 0 Å². The van der Waals surface area contributed by atoms with Crippen LogP contribution in [0, 0.1) is 11.7 Å². The second-order valence-corrected chi connectivity index (χ2v) is 6.05. The number of hydrogen-bond donors (Lipinski definition) is 2. The quantitative estimate of drug-likeness (QED) is 0.819.